The van der Waals surface area contributed by atoms with Crippen LogP contribution in [0.5, 0.6) is 0 Å². The van der Waals surface area contributed by atoms with Crippen molar-refractivity contribution in [2.24, 2.45) is 0 Å². The van der Waals surface area contributed by atoms with Crippen molar-refractivity contribution in [3.63, 3.8) is 0 Å². The molecule has 11 heteroatoms. The maximum Gasteiger partial charge on any atom is 0.416 e. The zero-order valence-corrected chi connectivity index (χ0v) is 17.6. The van der Waals surface area contributed by atoms with Crippen molar-refractivity contribution in [2.75, 3.05) is 10.6 Å². The number of amides is 1. The number of anilines is 3. The van der Waals surface area contributed by atoms with Crippen LogP contribution in [0.3, 0.4) is 0 Å². The molecule has 0 bridgehead atoms. The Labute approximate surface area is 190 Å². The number of aryl methyl sites for hydroxylation is 1. The van der Waals surface area contributed by atoms with Crippen molar-refractivity contribution < 1.29 is 22.4 Å². The third-order valence-electron chi connectivity index (χ3n) is 4.71. The molecule has 0 aliphatic carbocycles. The average Bonchev–Trinajstić information content (AvgIpc) is 2.81. The van der Waals surface area contributed by atoms with Crippen LogP contribution in [0, 0.1) is 12.7 Å². The molecule has 0 saturated heterocycles. The molecule has 0 unspecified atom stereocenters. The summed E-state index contributed by atoms with van der Waals surface area (Å²) in [6, 6.07) is 8.17. The van der Waals surface area contributed by atoms with Crippen molar-refractivity contribution in [3.05, 3.63) is 89.8 Å². The van der Waals surface area contributed by atoms with Gasteiger partial charge >= 0.3 is 6.18 Å². The lowest BCUT2D eigenvalue weighted by Crippen LogP contribution is -2.15. The zero-order chi connectivity index (χ0) is 24.3. The number of aromatic nitrogens is 4. The fourth-order valence-corrected chi connectivity index (χ4v) is 3.04. The third-order valence-corrected chi connectivity index (χ3v) is 4.71. The van der Waals surface area contributed by atoms with Crippen molar-refractivity contribution in [2.45, 2.75) is 13.1 Å². The summed E-state index contributed by atoms with van der Waals surface area (Å²) in [6.07, 6.45) is 1.41. The SMILES string of the molecule is Cc1ccc(NC(=O)c2cc(F)cc(C(F)(F)F)c2)cc1Nc1nccc(-c2cnccn2)n1. The molecule has 0 saturated carbocycles. The van der Waals surface area contributed by atoms with Gasteiger partial charge in [-0.1, -0.05) is 6.07 Å². The minimum atomic E-state index is -4.78. The number of halogens is 4. The second-order valence-corrected chi connectivity index (χ2v) is 7.19. The van der Waals surface area contributed by atoms with Gasteiger partial charge in [-0.15, -0.1) is 0 Å². The van der Waals surface area contributed by atoms with Gasteiger partial charge in [0, 0.05) is 35.5 Å². The van der Waals surface area contributed by atoms with Gasteiger partial charge in [0.15, 0.2) is 0 Å². The Morgan fingerprint density at radius 2 is 1.76 bits per heavy atom. The highest BCUT2D eigenvalue weighted by atomic mass is 19.4. The summed E-state index contributed by atoms with van der Waals surface area (Å²) in [6.45, 7) is 1.81. The molecule has 2 aromatic heterocycles. The number of rotatable bonds is 5. The predicted octanol–water partition coefficient (Wildman–Crippen LogP) is 5.40. The Morgan fingerprint density at radius 3 is 2.50 bits per heavy atom. The van der Waals surface area contributed by atoms with E-state index in [1.54, 1.807) is 42.9 Å². The summed E-state index contributed by atoms with van der Waals surface area (Å²) in [5, 5.41) is 5.53. The van der Waals surface area contributed by atoms with E-state index in [4.69, 9.17) is 0 Å². The smallest absolute Gasteiger partial charge is 0.324 e. The standard InChI is InChI=1S/C23H16F4N6O/c1-13-2-3-17(31-21(34)14-8-15(23(25,26)27)10-16(24)9-14)11-19(13)33-22-30-5-4-18(32-22)20-12-28-6-7-29-20/h2-12H,1H3,(H,31,34)(H,30,32,33). The van der Waals surface area contributed by atoms with Gasteiger partial charge in [0.05, 0.1) is 17.5 Å². The quantitative estimate of drug-likeness (QED) is 0.381. The van der Waals surface area contributed by atoms with E-state index < -0.39 is 29.0 Å². The molecule has 2 aromatic carbocycles. The number of carbonyl (C=O) groups is 1. The van der Waals surface area contributed by atoms with Gasteiger partial charge < -0.3 is 10.6 Å². The predicted molar refractivity (Wildman–Crippen MR) is 117 cm³/mol. The molecule has 0 fully saturated rings. The molecule has 172 valence electrons. The van der Waals surface area contributed by atoms with E-state index in [1.807, 2.05) is 6.92 Å². The molecule has 0 spiro atoms. The fraction of sp³-hybridized carbons (Fsp3) is 0.0870. The fourth-order valence-electron chi connectivity index (χ4n) is 3.04. The van der Waals surface area contributed by atoms with E-state index in [1.165, 1.54) is 6.20 Å². The first-order valence-electron chi connectivity index (χ1n) is 9.85. The minimum Gasteiger partial charge on any atom is -0.324 e. The highest BCUT2D eigenvalue weighted by molar-refractivity contribution is 6.04. The highest BCUT2D eigenvalue weighted by Gasteiger charge is 2.32. The van der Waals surface area contributed by atoms with Crippen LogP contribution in [-0.2, 0) is 6.18 Å². The summed E-state index contributed by atoms with van der Waals surface area (Å²) in [4.78, 5) is 29.3. The minimum absolute atomic E-state index is 0.259. The zero-order valence-electron chi connectivity index (χ0n) is 17.6. The Balaban J connectivity index is 1.56. The highest BCUT2D eigenvalue weighted by Crippen LogP contribution is 2.31. The maximum absolute atomic E-state index is 13.7. The van der Waals surface area contributed by atoms with Gasteiger partial charge in [0.1, 0.15) is 11.5 Å². The van der Waals surface area contributed by atoms with Crippen LogP contribution in [0.2, 0.25) is 0 Å². The summed E-state index contributed by atoms with van der Waals surface area (Å²) < 4.78 is 52.5. The van der Waals surface area contributed by atoms with Crippen molar-refractivity contribution in [1.29, 1.82) is 0 Å². The summed E-state index contributed by atoms with van der Waals surface area (Å²) in [5.74, 6) is -1.79. The maximum atomic E-state index is 13.7. The third kappa shape index (κ3) is 5.31. The molecule has 7 nitrogen and oxygen atoms in total. The number of benzene rings is 2. The molecular formula is C23H16F4N6O. The first kappa shape index (κ1) is 22.8. The number of hydrogen-bond donors (Lipinski definition) is 2. The van der Waals surface area contributed by atoms with E-state index in [0.717, 1.165) is 11.6 Å². The molecule has 0 atom stereocenters. The second kappa shape index (κ2) is 9.22. The molecule has 4 rings (SSSR count). The van der Waals surface area contributed by atoms with Crippen molar-refractivity contribution >= 4 is 23.2 Å². The van der Waals surface area contributed by atoms with E-state index in [9.17, 15) is 22.4 Å². The van der Waals surface area contributed by atoms with Crippen LogP contribution < -0.4 is 10.6 Å². The van der Waals surface area contributed by atoms with Crippen LogP contribution in [0.4, 0.5) is 34.9 Å². The number of hydrogen-bond acceptors (Lipinski definition) is 6. The van der Waals surface area contributed by atoms with E-state index in [0.29, 0.717) is 29.2 Å². The normalized spacial score (nSPS) is 11.2. The number of carbonyl (C=O) groups excluding carboxylic acids is 1. The van der Waals surface area contributed by atoms with Crippen LogP contribution in [-0.4, -0.2) is 25.8 Å². The monoisotopic (exact) mass is 468 g/mol. The van der Waals surface area contributed by atoms with Crippen LogP contribution in [0.25, 0.3) is 11.4 Å². The molecule has 2 N–H and O–H groups in total. The second-order valence-electron chi connectivity index (χ2n) is 7.19. The molecule has 0 aliphatic rings. The lowest BCUT2D eigenvalue weighted by molar-refractivity contribution is -0.137. The van der Waals surface area contributed by atoms with Crippen LogP contribution >= 0.6 is 0 Å². The van der Waals surface area contributed by atoms with E-state index in [-0.39, 0.29) is 11.6 Å². The first-order valence-corrected chi connectivity index (χ1v) is 9.85. The molecule has 1 amide bonds. The molecule has 0 aliphatic heterocycles. The Bertz CT molecular complexity index is 1350. The van der Waals surface area contributed by atoms with Gasteiger partial charge in [0.2, 0.25) is 5.95 Å². The van der Waals surface area contributed by atoms with Crippen LogP contribution in [0.15, 0.2) is 67.3 Å². The Kier molecular flexibility index (Phi) is 6.17. The number of nitrogens with zero attached hydrogens (tertiary/aromatic N) is 4. The van der Waals surface area contributed by atoms with Crippen LogP contribution in [0.1, 0.15) is 21.5 Å². The summed E-state index contributed by atoms with van der Waals surface area (Å²) >= 11 is 0. The average molecular weight is 468 g/mol. The van der Waals surface area contributed by atoms with Crippen molar-refractivity contribution in [1.82, 2.24) is 19.9 Å². The molecule has 34 heavy (non-hydrogen) atoms. The molecule has 0 radical (unpaired) electrons. The topological polar surface area (TPSA) is 92.7 Å². The number of alkyl halides is 3. The van der Waals surface area contributed by atoms with Gasteiger partial charge in [-0.05, 0) is 48.9 Å². The summed E-state index contributed by atoms with van der Waals surface area (Å²) in [7, 11) is 0. The van der Waals surface area contributed by atoms with Gasteiger partial charge in [-0.3, -0.25) is 14.8 Å². The molecule has 4 aromatic rings. The summed E-state index contributed by atoms with van der Waals surface area (Å²) in [5.41, 5.74) is 1.01. The lowest BCUT2D eigenvalue weighted by atomic mass is 10.1. The van der Waals surface area contributed by atoms with E-state index >= 15 is 0 Å². The largest absolute Gasteiger partial charge is 0.416 e. The van der Waals surface area contributed by atoms with E-state index in [2.05, 4.69) is 30.6 Å². The molecule has 2 heterocycles. The number of nitrogens with one attached hydrogen (secondary N) is 2. The Morgan fingerprint density at radius 1 is 0.941 bits per heavy atom. The van der Waals surface area contributed by atoms with Gasteiger partial charge in [-0.2, -0.15) is 13.2 Å². The van der Waals surface area contributed by atoms with Crippen molar-refractivity contribution in [3.8, 4) is 11.4 Å². The lowest BCUT2D eigenvalue weighted by Gasteiger charge is -2.13. The molecular weight excluding hydrogens is 452 g/mol. The Hall–Kier alpha value is -4.41. The first-order chi connectivity index (χ1) is 16.2. The van der Waals surface area contributed by atoms with Gasteiger partial charge in [0.25, 0.3) is 5.91 Å². The van der Waals surface area contributed by atoms with Gasteiger partial charge in [-0.25, -0.2) is 14.4 Å².